The fourth-order valence-corrected chi connectivity index (χ4v) is 4.85. The first-order valence-electron chi connectivity index (χ1n) is 14.1. The molecular weight excluding hydrogens is 494 g/mol. The maximum Gasteiger partial charge on any atom is 0.410 e. The molecule has 1 aromatic heterocycles. The number of ether oxygens (including phenoxy) is 2. The van der Waals surface area contributed by atoms with Gasteiger partial charge in [-0.1, -0.05) is 44.2 Å². The summed E-state index contributed by atoms with van der Waals surface area (Å²) in [5, 5.41) is 11.3. The predicted octanol–water partition coefficient (Wildman–Crippen LogP) is 4.87. The van der Waals surface area contributed by atoms with Gasteiger partial charge in [0.1, 0.15) is 11.7 Å². The van der Waals surface area contributed by atoms with Crippen LogP contribution in [0.25, 0.3) is 0 Å². The summed E-state index contributed by atoms with van der Waals surface area (Å²) in [5.41, 5.74) is 0.629. The largest absolute Gasteiger partial charge is 0.457 e. The minimum Gasteiger partial charge on any atom is -0.457 e. The second-order valence-electron chi connectivity index (χ2n) is 11.2. The molecule has 1 fully saturated rings. The number of carbonyl (C=O) groups is 2. The number of cyclic esters (lactones) is 1. The molecule has 0 bridgehead atoms. The van der Waals surface area contributed by atoms with E-state index in [0.717, 1.165) is 24.4 Å². The van der Waals surface area contributed by atoms with Crippen LogP contribution in [0.5, 0.6) is 0 Å². The standard InChI is InChI=1S/C31H45N3O5/c1-23(26-13-7-9-18-32-26)11-10-12-24(2)29-25(3)15-16-27(31(4,37)17-8-6-14-28(35)39-29)38-30(36)34-21-19-33(5)20-22-34/h7,9-13,15-16,18,23,25,27,29,37H,6,8,14,17,19-22H2,1-5H3/b11-10+,16-15+,24-12+/t23?,25-,27-,29+,31-/m0/s1. The molecule has 8 heteroatoms. The number of hydrogen-bond acceptors (Lipinski definition) is 7. The maximum atomic E-state index is 13.0. The number of allylic oxidation sites excluding steroid dienone is 3. The number of esters is 1. The van der Waals surface area contributed by atoms with E-state index >= 15 is 0 Å². The fraction of sp³-hybridized carbons (Fsp3) is 0.581. The molecule has 8 nitrogen and oxygen atoms in total. The molecule has 1 aromatic rings. The van der Waals surface area contributed by atoms with Crippen molar-refractivity contribution in [2.24, 2.45) is 5.92 Å². The molecule has 39 heavy (non-hydrogen) atoms. The summed E-state index contributed by atoms with van der Waals surface area (Å²) in [6.07, 6.45) is 11.6. The number of rotatable bonds is 5. The summed E-state index contributed by atoms with van der Waals surface area (Å²) >= 11 is 0. The van der Waals surface area contributed by atoms with E-state index in [9.17, 15) is 14.7 Å². The van der Waals surface area contributed by atoms with Crippen LogP contribution in [-0.4, -0.2) is 83.0 Å². The molecule has 5 atom stereocenters. The molecule has 1 unspecified atom stereocenters. The molecule has 0 saturated carbocycles. The van der Waals surface area contributed by atoms with Gasteiger partial charge in [-0.2, -0.15) is 0 Å². The first-order chi connectivity index (χ1) is 18.6. The summed E-state index contributed by atoms with van der Waals surface area (Å²) in [7, 11) is 2.03. The van der Waals surface area contributed by atoms with Crippen molar-refractivity contribution in [3.05, 3.63) is 66.0 Å². The van der Waals surface area contributed by atoms with E-state index in [-0.39, 0.29) is 24.2 Å². The Morgan fingerprint density at radius 2 is 1.97 bits per heavy atom. The lowest BCUT2D eigenvalue weighted by Crippen LogP contribution is -2.50. The Bertz CT molecular complexity index is 1030. The Morgan fingerprint density at radius 3 is 2.67 bits per heavy atom. The third-order valence-corrected chi connectivity index (χ3v) is 7.60. The SMILES string of the molecule is C/C(=C\C=C\C(C)c1ccccn1)[C@H]1OC(=O)CCCC[C@](C)(O)[C@@H](OC(=O)N2CCN(C)CC2)/C=C/[C@@H]1C. The van der Waals surface area contributed by atoms with E-state index in [1.165, 1.54) is 0 Å². The van der Waals surface area contributed by atoms with Gasteiger partial charge in [0.05, 0.1) is 0 Å². The Hall–Kier alpha value is -2.97. The summed E-state index contributed by atoms with van der Waals surface area (Å²) in [5.74, 6) is -0.312. The highest BCUT2D eigenvalue weighted by molar-refractivity contribution is 5.70. The molecule has 3 heterocycles. The van der Waals surface area contributed by atoms with Crippen molar-refractivity contribution in [2.45, 2.75) is 77.1 Å². The summed E-state index contributed by atoms with van der Waals surface area (Å²) < 4.78 is 11.8. The number of piperazine rings is 1. The minimum atomic E-state index is -1.26. The average Bonchev–Trinajstić information content (AvgIpc) is 2.91. The zero-order chi connectivity index (χ0) is 28.4. The van der Waals surface area contributed by atoms with Crippen LogP contribution < -0.4 is 0 Å². The number of hydrogen-bond donors (Lipinski definition) is 1. The van der Waals surface area contributed by atoms with Crippen LogP contribution in [0.2, 0.25) is 0 Å². The van der Waals surface area contributed by atoms with Gasteiger partial charge in [0, 0.05) is 56.3 Å². The Labute approximate surface area is 233 Å². The lowest BCUT2D eigenvalue weighted by atomic mass is 9.89. The van der Waals surface area contributed by atoms with Gasteiger partial charge in [0.15, 0.2) is 6.10 Å². The van der Waals surface area contributed by atoms with Gasteiger partial charge in [-0.3, -0.25) is 9.78 Å². The van der Waals surface area contributed by atoms with Crippen LogP contribution in [0.15, 0.2) is 60.3 Å². The first-order valence-corrected chi connectivity index (χ1v) is 14.1. The molecule has 2 aliphatic rings. The smallest absolute Gasteiger partial charge is 0.410 e. The molecule has 2 aliphatic heterocycles. The predicted molar refractivity (Wildman–Crippen MR) is 152 cm³/mol. The van der Waals surface area contributed by atoms with E-state index < -0.39 is 23.9 Å². The number of amides is 1. The molecule has 0 spiro atoms. The quantitative estimate of drug-likeness (QED) is 0.324. The Balaban J connectivity index is 1.77. The number of carbonyl (C=O) groups excluding carboxylic acids is 2. The topological polar surface area (TPSA) is 92.2 Å². The van der Waals surface area contributed by atoms with Crippen LogP contribution >= 0.6 is 0 Å². The van der Waals surface area contributed by atoms with E-state index in [2.05, 4.69) is 22.9 Å². The monoisotopic (exact) mass is 539 g/mol. The average molecular weight is 540 g/mol. The van der Waals surface area contributed by atoms with Gasteiger partial charge >= 0.3 is 12.1 Å². The Kier molecular flexibility index (Phi) is 11.3. The van der Waals surface area contributed by atoms with Crippen LogP contribution in [-0.2, 0) is 14.3 Å². The van der Waals surface area contributed by atoms with Gasteiger partial charge in [-0.05, 0) is 63.9 Å². The summed E-state index contributed by atoms with van der Waals surface area (Å²) in [4.78, 5) is 33.9. The highest BCUT2D eigenvalue weighted by atomic mass is 16.6. The molecular formula is C31H45N3O5. The van der Waals surface area contributed by atoms with Crippen molar-refractivity contribution < 1.29 is 24.2 Å². The lowest BCUT2D eigenvalue weighted by Gasteiger charge is -2.36. The van der Waals surface area contributed by atoms with Gasteiger partial charge in [0.25, 0.3) is 0 Å². The molecule has 0 radical (unpaired) electrons. The van der Waals surface area contributed by atoms with Gasteiger partial charge in [-0.25, -0.2) is 4.79 Å². The van der Waals surface area contributed by atoms with Crippen LogP contribution in [0.3, 0.4) is 0 Å². The van der Waals surface area contributed by atoms with E-state index in [1.54, 1.807) is 24.1 Å². The van der Waals surface area contributed by atoms with Crippen LogP contribution in [0, 0.1) is 5.92 Å². The first kappa shape index (κ1) is 30.6. The van der Waals surface area contributed by atoms with Crippen molar-refractivity contribution >= 4 is 12.1 Å². The summed E-state index contributed by atoms with van der Waals surface area (Å²) in [6.45, 7) is 10.5. The lowest BCUT2D eigenvalue weighted by molar-refractivity contribution is -0.149. The van der Waals surface area contributed by atoms with Crippen LogP contribution in [0.4, 0.5) is 4.79 Å². The molecule has 214 valence electrons. The number of pyridine rings is 1. The maximum absolute atomic E-state index is 13.0. The van der Waals surface area contributed by atoms with Gasteiger partial charge in [-0.15, -0.1) is 0 Å². The van der Waals surface area contributed by atoms with Crippen molar-refractivity contribution in [1.82, 2.24) is 14.8 Å². The Morgan fingerprint density at radius 1 is 1.23 bits per heavy atom. The van der Waals surface area contributed by atoms with E-state index in [0.29, 0.717) is 32.4 Å². The number of aromatic nitrogens is 1. The fourth-order valence-electron chi connectivity index (χ4n) is 4.85. The van der Waals surface area contributed by atoms with Crippen molar-refractivity contribution in [3.8, 4) is 0 Å². The summed E-state index contributed by atoms with van der Waals surface area (Å²) in [6, 6.07) is 5.86. The van der Waals surface area contributed by atoms with Gasteiger partial charge < -0.3 is 24.4 Å². The van der Waals surface area contributed by atoms with Crippen molar-refractivity contribution in [3.63, 3.8) is 0 Å². The number of nitrogens with zero attached hydrogens (tertiary/aromatic N) is 3. The third kappa shape index (κ3) is 9.32. The highest BCUT2D eigenvalue weighted by Gasteiger charge is 2.35. The molecule has 0 aliphatic carbocycles. The zero-order valence-corrected chi connectivity index (χ0v) is 24.1. The normalized spacial score (nSPS) is 29.7. The molecule has 1 N–H and O–H groups in total. The molecule has 1 saturated heterocycles. The second kappa shape index (κ2) is 14.4. The molecule has 3 rings (SSSR count). The van der Waals surface area contributed by atoms with Crippen LogP contribution in [0.1, 0.15) is 65.0 Å². The van der Waals surface area contributed by atoms with E-state index in [4.69, 9.17) is 9.47 Å². The van der Waals surface area contributed by atoms with E-state index in [1.807, 2.05) is 57.3 Å². The van der Waals surface area contributed by atoms with Gasteiger partial charge in [0.2, 0.25) is 0 Å². The number of likely N-dealkylation sites (N-methyl/N-ethyl adjacent to an activating group) is 1. The minimum absolute atomic E-state index is 0.143. The highest BCUT2D eigenvalue weighted by Crippen LogP contribution is 2.27. The zero-order valence-electron chi connectivity index (χ0n) is 24.1. The molecule has 0 aromatic carbocycles. The molecule has 1 amide bonds. The van der Waals surface area contributed by atoms with Crippen molar-refractivity contribution in [2.75, 3.05) is 33.2 Å². The number of aliphatic hydroxyl groups is 1. The third-order valence-electron chi connectivity index (χ3n) is 7.60. The van der Waals surface area contributed by atoms with Crippen molar-refractivity contribution in [1.29, 1.82) is 0 Å². The second-order valence-corrected chi connectivity index (χ2v) is 11.2.